The smallest absolute Gasteiger partial charge is 0.407 e. The van der Waals surface area contributed by atoms with Crippen molar-refractivity contribution in [2.75, 3.05) is 19.3 Å². The van der Waals surface area contributed by atoms with Crippen LogP contribution in [0.1, 0.15) is 17.9 Å². The molecule has 0 bridgehead atoms. The number of nitrogens with zero attached hydrogens (tertiary/aromatic N) is 1. The third-order valence-electron chi connectivity index (χ3n) is 5.03. The van der Waals surface area contributed by atoms with Gasteiger partial charge < -0.3 is 14.7 Å². The van der Waals surface area contributed by atoms with E-state index < -0.39 is 6.09 Å². The van der Waals surface area contributed by atoms with Crippen LogP contribution in [0.5, 0.6) is 5.75 Å². The van der Waals surface area contributed by atoms with Crippen LogP contribution in [0.3, 0.4) is 0 Å². The molecule has 4 nitrogen and oxygen atoms in total. The van der Waals surface area contributed by atoms with Crippen molar-refractivity contribution in [3.05, 3.63) is 45.9 Å². The minimum atomic E-state index is -0.876. The van der Waals surface area contributed by atoms with Crippen LogP contribution in [0.4, 0.5) is 4.79 Å². The third kappa shape index (κ3) is 3.02. The molecule has 2 atom stereocenters. The Labute approximate surface area is 166 Å². The average molecular weight is 410 g/mol. The Hall–Kier alpha value is -1.56. The fourth-order valence-electron chi connectivity index (χ4n) is 3.75. The molecule has 0 saturated carbocycles. The van der Waals surface area contributed by atoms with Crippen molar-refractivity contribution in [1.82, 2.24) is 4.90 Å². The zero-order valence-electron chi connectivity index (χ0n) is 14.0. The predicted octanol–water partition coefficient (Wildman–Crippen LogP) is 5.61. The third-order valence-corrected chi connectivity index (χ3v) is 6.33. The highest BCUT2D eigenvalue weighted by atomic mass is 35.5. The molecule has 2 aromatic carbocycles. The number of amides is 1. The largest absolute Gasteiger partial charge is 0.488 e. The van der Waals surface area contributed by atoms with E-state index in [4.69, 9.17) is 27.9 Å². The molecule has 0 spiro atoms. The van der Waals surface area contributed by atoms with Crippen molar-refractivity contribution in [2.45, 2.75) is 23.3 Å². The summed E-state index contributed by atoms with van der Waals surface area (Å²) < 4.78 is 6.21. The van der Waals surface area contributed by atoms with Gasteiger partial charge in [0.1, 0.15) is 11.9 Å². The number of piperidine rings is 1. The quantitative estimate of drug-likeness (QED) is 0.654. The first kappa shape index (κ1) is 17.8. The Morgan fingerprint density at radius 1 is 1.31 bits per heavy atom. The first-order valence-corrected chi connectivity index (χ1v) is 10.3. The molecule has 2 aromatic rings. The monoisotopic (exact) mass is 409 g/mol. The molecule has 1 N–H and O–H groups in total. The summed E-state index contributed by atoms with van der Waals surface area (Å²) in [6, 6.07) is 9.62. The number of thioether (sulfide) groups is 1. The number of likely N-dealkylation sites (tertiary alicyclic amines) is 1. The lowest BCUT2D eigenvalue weighted by atomic mass is 9.88. The number of rotatable bonds is 2. The molecule has 0 aromatic heterocycles. The van der Waals surface area contributed by atoms with Gasteiger partial charge in [-0.1, -0.05) is 29.3 Å². The molecule has 4 rings (SSSR count). The lowest BCUT2D eigenvalue weighted by molar-refractivity contribution is 0.0892. The number of benzene rings is 2. The van der Waals surface area contributed by atoms with Crippen LogP contribution in [0.25, 0.3) is 11.1 Å². The summed E-state index contributed by atoms with van der Waals surface area (Å²) in [6.45, 7) is 0.966. The predicted molar refractivity (Wildman–Crippen MR) is 105 cm³/mol. The molecular weight excluding hydrogens is 393 g/mol. The van der Waals surface area contributed by atoms with Gasteiger partial charge in [-0.25, -0.2) is 4.79 Å². The fraction of sp³-hybridized carbons (Fsp3) is 0.316. The zero-order chi connectivity index (χ0) is 18.4. The number of ether oxygens (including phenoxy) is 1. The molecule has 1 fully saturated rings. The van der Waals surface area contributed by atoms with Crippen molar-refractivity contribution >= 4 is 41.1 Å². The van der Waals surface area contributed by atoms with Crippen molar-refractivity contribution < 1.29 is 14.6 Å². The van der Waals surface area contributed by atoms with Crippen LogP contribution in [0, 0.1) is 0 Å². The maximum atomic E-state index is 11.4. The van der Waals surface area contributed by atoms with Crippen molar-refractivity contribution in [3.8, 4) is 16.9 Å². The second-order valence-corrected chi connectivity index (χ2v) is 8.19. The lowest BCUT2D eigenvalue weighted by Gasteiger charge is -2.32. The fourth-order valence-corrected chi connectivity index (χ4v) is 4.87. The van der Waals surface area contributed by atoms with E-state index in [0.29, 0.717) is 29.6 Å². The Morgan fingerprint density at radius 2 is 2.12 bits per heavy atom. The lowest BCUT2D eigenvalue weighted by Crippen LogP contribution is -2.43. The summed E-state index contributed by atoms with van der Waals surface area (Å²) in [6.07, 6.45) is 1.87. The summed E-state index contributed by atoms with van der Waals surface area (Å²) in [7, 11) is 0. The molecule has 0 aliphatic carbocycles. The van der Waals surface area contributed by atoms with Crippen LogP contribution in [0.15, 0.2) is 35.2 Å². The van der Waals surface area contributed by atoms with E-state index in [0.717, 1.165) is 27.3 Å². The number of fused-ring (bicyclic) bond motifs is 3. The first-order chi connectivity index (χ1) is 12.5. The maximum Gasteiger partial charge on any atom is 0.407 e. The van der Waals surface area contributed by atoms with Gasteiger partial charge in [-0.05, 0) is 36.1 Å². The van der Waals surface area contributed by atoms with Crippen molar-refractivity contribution in [1.29, 1.82) is 0 Å². The first-order valence-electron chi connectivity index (χ1n) is 8.30. The molecule has 2 heterocycles. The molecule has 7 heteroatoms. The highest BCUT2D eigenvalue weighted by molar-refractivity contribution is 7.98. The van der Waals surface area contributed by atoms with E-state index in [9.17, 15) is 9.90 Å². The summed E-state index contributed by atoms with van der Waals surface area (Å²) in [5.41, 5.74) is 2.96. The summed E-state index contributed by atoms with van der Waals surface area (Å²) in [4.78, 5) is 13.9. The summed E-state index contributed by atoms with van der Waals surface area (Å²) in [5.74, 6) is 0.931. The van der Waals surface area contributed by atoms with Gasteiger partial charge in [0.05, 0.1) is 4.90 Å². The van der Waals surface area contributed by atoms with E-state index >= 15 is 0 Å². The minimum Gasteiger partial charge on any atom is -0.488 e. The van der Waals surface area contributed by atoms with Gasteiger partial charge in [-0.15, -0.1) is 11.8 Å². The average Bonchev–Trinajstić information content (AvgIpc) is 2.98. The summed E-state index contributed by atoms with van der Waals surface area (Å²) in [5, 5.41) is 10.5. The van der Waals surface area contributed by atoms with E-state index in [1.54, 1.807) is 17.8 Å². The van der Waals surface area contributed by atoms with Gasteiger partial charge in [0.15, 0.2) is 0 Å². The van der Waals surface area contributed by atoms with E-state index in [1.165, 1.54) is 4.90 Å². The summed E-state index contributed by atoms with van der Waals surface area (Å²) >= 11 is 14.0. The molecule has 136 valence electrons. The molecule has 2 unspecified atom stereocenters. The molecule has 0 radical (unpaired) electrons. The number of hydrogen-bond donors (Lipinski definition) is 1. The molecule has 2 aliphatic heterocycles. The number of halogens is 2. The van der Waals surface area contributed by atoms with Crippen LogP contribution in [-0.2, 0) is 0 Å². The zero-order valence-corrected chi connectivity index (χ0v) is 16.4. The van der Waals surface area contributed by atoms with Crippen molar-refractivity contribution in [2.24, 2.45) is 0 Å². The van der Waals surface area contributed by atoms with Crippen LogP contribution >= 0.6 is 35.0 Å². The normalized spacial score (nSPS) is 21.1. The van der Waals surface area contributed by atoms with Gasteiger partial charge in [-0.2, -0.15) is 0 Å². The molecule has 26 heavy (non-hydrogen) atoms. The second kappa shape index (κ2) is 6.87. The van der Waals surface area contributed by atoms with Crippen LogP contribution in [0.2, 0.25) is 10.0 Å². The Kier molecular flexibility index (Phi) is 4.71. The van der Waals surface area contributed by atoms with E-state index in [-0.39, 0.29) is 12.0 Å². The molecule has 2 aliphatic rings. The minimum absolute atomic E-state index is 0.0300. The van der Waals surface area contributed by atoms with Gasteiger partial charge in [0, 0.05) is 46.6 Å². The maximum absolute atomic E-state index is 11.4. The highest BCUT2D eigenvalue weighted by Crippen LogP contribution is 2.49. The SMILES string of the molecule is CSc1cc(-c2ccc(Cl)cc2Cl)cc2c1OC1CCN(C(=O)O)CC21. The van der Waals surface area contributed by atoms with Gasteiger partial charge in [-0.3, -0.25) is 0 Å². The van der Waals surface area contributed by atoms with Gasteiger partial charge >= 0.3 is 6.09 Å². The molecular formula is C19H17Cl2NO3S. The Bertz CT molecular complexity index is 889. The second-order valence-electron chi connectivity index (χ2n) is 6.50. The van der Waals surface area contributed by atoms with Gasteiger partial charge in [0.25, 0.3) is 0 Å². The molecule has 1 amide bonds. The highest BCUT2D eigenvalue weighted by Gasteiger charge is 2.41. The van der Waals surface area contributed by atoms with E-state index in [2.05, 4.69) is 12.1 Å². The number of carboxylic acid groups (broad SMARTS) is 1. The van der Waals surface area contributed by atoms with Gasteiger partial charge in [0.2, 0.25) is 0 Å². The van der Waals surface area contributed by atoms with Crippen LogP contribution < -0.4 is 4.74 Å². The van der Waals surface area contributed by atoms with Crippen molar-refractivity contribution in [3.63, 3.8) is 0 Å². The topological polar surface area (TPSA) is 49.8 Å². The molecule has 1 saturated heterocycles. The Balaban J connectivity index is 1.79. The standard InChI is InChI=1S/C19H17Cl2NO3S/c1-26-17-7-10(12-3-2-11(20)8-15(12)21)6-13-14-9-22(19(23)24)5-4-16(14)25-18(13)17/h2-3,6-8,14,16H,4-5,9H2,1H3,(H,23,24). The van der Waals surface area contributed by atoms with E-state index in [1.807, 2.05) is 18.4 Å². The Morgan fingerprint density at radius 3 is 2.81 bits per heavy atom. The number of carbonyl (C=O) groups is 1. The number of hydrogen-bond acceptors (Lipinski definition) is 3. The van der Waals surface area contributed by atoms with Crippen LogP contribution in [-0.4, -0.2) is 41.5 Å².